The fourth-order valence-electron chi connectivity index (χ4n) is 2.84. The van der Waals surface area contributed by atoms with E-state index in [1.54, 1.807) is 16.2 Å². The predicted molar refractivity (Wildman–Crippen MR) is 115 cm³/mol. The number of fused-ring (bicyclic) bond motifs is 1. The van der Waals surface area contributed by atoms with Crippen LogP contribution in [0.2, 0.25) is 0 Å². The lowest BCUT2D eigenvalue weighted by atomic mass is 10.2. The summed E-state index contributed by atoms with van der Waals surface area (Å²) < 4.78 is 6.59. The monoisotopic (exact) mass is 542 g/mol. The summed E-state index contributed by atoms with van der Waals surface area (Å²) in [6, 6.07) is 2.36. The average Bonchev–Trinajstić information content (AvgIpc) is 3.08. The van der Waals surface area contributed by atoms with Crippen LogP contribution in [0, 0.1) is 0 Å². The first-order chi connectivity index (χ1) is 11.3. The number of ether oxygens (including phenoxy) is 1. The minimum Gasteiger partial charge on any atom is -0.444 e. The SMILES string of the molecule is CC(C)(C)OC(=O)N1CCN2C(NCc3cc(Br)cs3)=NCC2C1.I. The van der Waals surface area contributed by atoms with Crippen LogP contribution in [0.1, 0.15) is 25.6 Å². The maximum Gasteiger partial charge on any atom is 0.410 e. The van der Waals surface area contributed by atoms with Gasteiger partial charge in [0.05, 0.1) is 19.1 Å². The Morgan fingerprint density at radius 3 is 2.88 bits per heavy atom. The van der Waals surface area contributed by atoms with Gasteiger partial charge in [0.1, 0.15) is 5.60 Å². The van der Waals surface area contributed by atoms with Gasteiger partial charge in [0.15, 0.2) is 5.96 Å². The molecule has 9 heteroatoms. The van der Waals surface area contributed by atoms with Gasteiger partial charge in [0.2, 0.25) is 0 Å². The van der Waals surface area contributed by atoms with Gasteiger partial charge in [-0.05, 0) is 42.8 Å². The zero-order valence-corrected chi connectivity index (χ0v) is 19.4. The highest BCUT2D eigenvalue weighted by Gasteiger charge is 2.36. The highest BCUT2D eigenvalue weighted by Crippen LogP contribution is 2.21. The van der Waals surface area contributed by atoms with Crippen LogP contribution in [0.5, 0.6) is 0 Å². The molecule has 1 saturated heterocycles. The number of piperazine rings is 1. The minimum atomic E-state index is -0.456. The van der Waals surface area contributed by atoms with Crippen LogP contribution in [0.4, 0.5) is 4.79 Å². The number of thiophene rings is 1. The van der Waals surface area contributed by atoms with Crippen molar-refractivity contribution in [3.8, 4) is 0 Å². The van der Waals surface area contributed by atoms with Crippen LogP contribution < -0.4 is 5.32 Å². The lowest BCUT2D eigenvalue weighted by molar-refractivity contribution is 0.0137. The zero-order chi connectivity index (χ0) is 17.3. The molecule has 0 radical (unpaired) electrons. The zero-order valence-electron chi connectivity index (χ0n) is 14.6. The molecular weight excluding hydrogens is 519 g/mol. The number of nitrogens with zero attached hydrogens (tertiary/aromatic N) is 3. The maximum atomic E-state index is 12.2. The number of guanidine groups is 1. The number of hydrogen-bond donors (Lipinski definition) is 1. The Morgan fingerprint density at radius 1 is 1.48 bits per heavy atom. The van der Waals surface area contributed by atoms with E-state index in [4.69, 9.17) is 4.74 Å². The summed E-state index contributed by atoms with van der Waals surface area (Å²) in [5.41, 5.74) is -0.456. The standard InChI is InChI=1S/C16H23BrN4O2S.HI/c1-16(2,3)23-15(22)20-4-5-21-12(9-20)7-18-14(21)19-8-13-6-11(17)10-24-13;/h6,10,12H,4-5,7-9H2,1-3H3,(H,18,19);1H. The first-order valence-corrected chi connectivity index (χ1v) is 9.75. The lowest BCUT2D eigenvalue weighted by Gasteiger charge is -2.39. The van der Waals surface area contributed by atoms with Crippen LogP contribution in [0.25, 0.3) is 0 Å². The van der Waals surface area contributed by atoms with E-state index < -0.39 is 5.60 Å². The summed E-state index contributed by atoms with van der Waals surface area (Å²) in [7, 11) is 0. The largest absolute Gasteiger partial charge is 0.444 e. The number of hydrogen-bond acceptors (Lipinski definition) is 6. The third-order valence-electron chi connectivity index (χ3n) is 3.90. The molecule has 1 aromatic rings. The van der Waals surface area contributed by atoms with Gasteiger partial charge in [-0.25, -0.2) is 4.79 Å². The molecule has 0 aromatic carbocycles. The molecule has 3 heterocycles. The van der Waals surface area contributed by atoms with Gasteiger partial charge in [-0.2, -0.15) is 0 Å². The van der Waals surface area contributed by atoms with Gasteiger partial charge in [-0.3, -0.25) is 4.99 Å². The van der Waals surface area contributed by atoms with Gasteiger partial charge < -0.3 is 19.9 Å². The second-order valence-electron chi connectivity index (χ2n) is 7.02. The van der Waals surface area contributed by atoms with Gasteiger partial charge >= 0.3 is 6.09 Å². The van der Waals surface area contributed by atoms with Crippen LogP contribution in [0.3, 0.4) is 0 Å². The number of aliphatic imine (C=N–C) groups is 1. The quantitative estimate of drug-likeness (QED) is 0.581. The molecule has 3 rings (SSSR count). The van der Waals surface area contributed by atoms with Crippen molar-refractivity contribution >= 4 is 63.3 Å². The van der Waals surface area contributed by atoms with E-state index in [-0.39, 0.29) is 36.1 Å². The van der Waals surface area contributed by atoms with Crippen molar-refractivity contribution in [3.05, 3.63) is 20.8 Å². The summed E-state index contributed by atoms with van der Waals surface area (Å²) in [4.78, 5) is 22.2. The van der Waals surface area contributed by atoms with Crippen LogP contribution in [0.15, 0.2) is 20.9 Å². The highest BCUT2D eigenvalue weighted by atomic mass is 127. The second-order valence-corrected chi connectivity index (χ2v) is 8.93. The molecule has 1 fully saturated rings. The summed E-state index contributed by atoms with van der Waals surface area (Å²) in [6.45, 7) is 9.28. The van der Waals surface area contributed by atoms with E-state index in [1.807, 2.05) is 20.8 Å². The number of nitrogens with one attached hydrogen (secondary N) is 1. The molecule has 25 heavy (non-hydrogen) atoms. The molecule has 1 unspecified atom stereocenters. The molecule has 0 saturated carbocycles. The van der Waals surface area contributed by atoms with Crippen molar-refractivity contribution in [1.29, 1.82) is 0 Å². The molecule has 6 nitrogen and oxygen atoms in total. The Morgan fingerprint density at radius 2 is 2.24 bits per heavy atom. The Bertz CT molecular complexity index is 646. The number of amides is 1. The van der Waals surface area contributed by atoms with Gasteiger partial charge in [-0.15, -0.1) is 35.3 Å². The number of carbonyl (C=O) groups is 1. The Balaban J connectivity index is 0.00000225. The van der Waals surface area contributed by atoms with Crippen LogP contribution >= 0.6 is 51.2 Å². The predicted octanol–water partition coefficient (Wildman–Crippen LogP) is 3.51. The van der Waals surface area contributed by atoms with E-state index in [2.05, 4.69) is 42.6 Å². The summed E-state index contributed by atoms with van der Waals surface area (Å²) in [5.74, 6) is 0.938. The molecule has 1 atom stereocenters. The van der Waals surface area contributed by atoms with E-state index in [9.17, 15) is 4.79 Å². The van der Waals surface area contributed by atoms with Gasteiger partial charge in [-0.1, -0.05) is 0 Å². The van der Waals surface area contributed by atoms with Crippen LogP contribution in [-0.2, 0) is 11.3 Å². The van der Waals surface area contributed by atoms with Crippen molar-refractivity contribution in [1.82, 2.24) is 15.1 Å². The Labute approximate surface area is 178 Å². The molecule has 2 aliphatic heterocycles. The normalized spacial score (nSPS) is 19.8. The molecule has 0 aliphatic carbocycles. The average molecular weight is 543 g/mol. The van der Waals surface area contributed by atoms with Crippen molar-refractivity contribution in [2.75, 3.05) is 26.2 Å². The maximum absolute atomic E-state index is 12.2. The topological polar surface area (TPSA) is 57.2 Å². The smallest absolute Gasteiger partial charge is 0.410 e. The first-order valence-electron chi connectivity index (χ1n) is 8.07. The summed E-state index contributed by atoms with van der Waals surface area (Å²) in [5, 5.41) is 5.50. The molecule has 0 spiro atoms. The number of rotatable bonds is 2. The Hall–Kier alpha value is -0.550. The lowest BCUT2D eigenvalue weighted by Crippen LogP contribution is -2.57. The minimum absolute atomic E-state index is 0. The van der Waals surface area contributed by atoms with E-state index in [1.165, 1.54) is 4.88 Å². The van der Waals surface area contributed by atoms with Gasteiger partial charge in [0.25, 0.3) is 0 Å². The van der Waals surface area contributed by atoms with Crippen LogP contribution in [-0.4, -0.2) is 59.7 Å². The van der Waals surface area contributed by atoms with Crippen molar-refractivity contribution < 1.29 is 9.53 Å². The second kappa shape index (κ2) is 8.43. The molecular formula is C16H24BrIN4O2S. The number of halogens is 2. The summed E-state index contributed by atoms with van der Waals surface area (Å²) >= 11 is 5.19. The molecule has 1 amide bonds. The van der Waals surface area contributed by atoms with E-state index >= 15 is 0 Å². The van der Waals surface area contributed by atoms with E-state index in [0.717, 1.165) is 30.1 Å². The van der Waals surface area contributed by atoms with Crippen molar-refractivity contribution in [2.24, 2.45) is 4.99 Å². The first kappa shape index (κ1) is 20.8. The third-order valence-corrected chi connectivity index (χ3v) is 5.60. The fourth-order valence-corrected chi connectivity index (χ4v) is 4.23. The van der Waals surface area contributed by atoms with Gasteiger partial charge in [0, 0.05) is 34.4 Å². The Kier molecular flexibility index (Phi) is 7.00. The molecule has 1 aromatic heterocycles. The fraction of sp³-hybridized carbons (Fsp3) is 0.625. The number of carbonyl (C=O) groups excluding carboxylic acids is 1. The molecule has 1 N–H and O–H groups in total. The van der Waals surface area contributed by atoms with Crippen molar-refractivity contribution in [2.45, 2.75) is 39.0 Å². The van der Waals surface area contributed by atoms with Crippen molar-refractivity contribution in [3.63, 3.8) is 0 Å². The molecule has 2 aliphatic rings. The molecule has 0 bridgehead atoms. The van der Waals surface area contributed by atoms with E-state index in [0.29, 0.717) is 13.1 Å². The molecule has 140 valence electrons. The highest BCUT2D eigenvalue weighted by molar-refractivity contribution is 14.0. The summed E-state index contributed by atoms with van der Waals surface area (Å²) in [6.07, 6.45) is -0.230. The third kappa shape index (κ3) is 5.46.